The summed E-state index contributed by atoms with van der Waals surface area (Å²) < 4.78 is -0.0302. The number of hydrogen-bond acceptors (Lipinski definition) is 4. The zero-order chi connectivity index (χ0) is 21.6. The first-order chi connectivity index (χ1) is 14.1. The smallest absolute Gasteiger partial charge is 0.224 e. The molecule has 0 spiro atoms. The number of aliphatic hydroxyl groups excluding tert-OH is 2. The summed E-state index contributed by atoms with van der Waals surface area (Å²) >= 11 is 0. The zero-order valence-electron chi connectivity index (χ0n) is 19.6. The molecule has 0 heterocycles. The molecule has 0 aromatic rings. The highest BCUT2D eigenvalue weighted by atomic mass is 35.5. The average molecular weight is 452 g/mol. The molecule has 0 saturated heterocycles. The number of carbonyl (C=O) groups is 1. The van der Waals surface area contributed by atoms with Gasteiger partial charge >= 0.3 is 0 Å². The first-order valence-corrected chi connectivity index (χ1v) is 12.2. The molecule has 0 bridgehead atoms. The van der Waals surface area contributed by atoms with Gasteiger partial charge in [0.15, 0.2) is 6.67 Å². The van der Waals surface area contributed by atoms with E-state index in [1.165, 1.54) is 83.5 Å². The minimum atomic E-state index is -0.0641. The summed E-state index contributed by atoms with van der Waals surface area (Å²) in [5.74, 6) is 6.06. The van der Waals surface area contributed by atoms with Crippen molar-refractivity contribution < 1.29 is 32.0 Å². The summed E-state index contributed by atoms with van der Waals surface area (Å²) in [5, 5.41) is 20.9. The lowest BCUT2D eigenvalue weighted by Crippen LogP contribution is -3.00. The molecule has 0 rings (SSSR count). The molecule has 0 aromatic carbocycles. The van der Waals surface area contributed by atoms with Crippen molar-refractivity contribution >= 4 is 5.91 Å². The summed E-state index contributed by atoms with van der Waals surface area (Å²) in [6.07, 6.45) is 20.2. The highest BCUT2D eigenvalue weighted by Crippen LogP contribution is 2.13. The second kappa shape index (κ2) is 23.3. The maximum absolute atomic E-state index is 11.9. The van der Waals surface area contributed by atoms with Gasteiger partial charge in [-0.1, -0.05) is 96.8 Å². The molecule has 6 nitrogen and oxygen atoms in total. The van der Waals surface area contributed by atoms with Crippen LogP contribution in [0, 0.1) is 0 Å². The second-order valence-corrected chi connectivity index (χ2v) is 8.57. The molecular weight excluding hydrogens is 402 g/mol. The number of quaternary nitrogens is 1. The molecule has 182 valence electrons. The lowest BCUT2D eigenvalue weighted by molar-refractivity contribution is -0.942. The Labute approximate surface area is 192 Å². The number of amides is 1. The van der Waals surface area contributed by atoms with Crippen LogP contribution in [0.3, 0.4) is 0 Å². The normalized spacial score (nSPS) is 11.3. The fourth-order valence-electron chi connectivity index (χ4n) is 3.66. The number of halogens is 1. The van der Waals surface area contributed by atoms with Crippen molar-refractivity contribution in [2.45, 2.75) is 110 Å². The Balaban J connectivity index is 0. The Morgan fingerprint density at radius 2 is 1.10 bits per heavy atom. The summed E-state index contributed by atoms with van der Waals surface area (Å²) in [7, 11) is 0. The van der Waals surface area contributed by atoms with E-state index >= 15 is 0 Å². The number of nitrogens with one attached hydrogen (secondary N) is 1. The fraction of sp³-hybridized carbons (Fsp3) is 0.957. The van der Waals surface area contributed by atoms with E-state index in [4.69, 9.17) is 16.1 Å². The Morgan fingerprint density at radius 1 is 0.733 bits per heavy atom. The maximum Gasteiger partial charge on any atom is 0.224 e. The lowest BCUT2D eigenvalue weighted by atomic mass is 10.0. The highest BCUT2D eigenvalue weighted by molar-refractivity contribution is 5.75. The molecule has 0 radical (unpaired) electrons. The van der Waals surface area contributed by atoms with Crippen molar-refractivity contribution in [3.05, 3.63) is 0 Å². The number of aliphatic hydroxyl groups is 2. The minimum Gasteiger partial charge on any atom is -1.00 e. The van der Waals surface area contributed by atoms with Gasteiger partial charge in [-0.2, -0.15) is 5.84 Å². The molecule has 0 aliphatic carbocycles. The van der Waals surface area contributed by atoms with Gasteiger partial charge in [0.1, 0.15) is 13.1 Å². The molecule has 7 heteroatoms. The van der Waals surface area contributed by atoms with E-state index in [-0.39, 0.29) is 42.8 Å². The van der Waals surface area contributed by atoms with Crippen LogP contribution in [-0.2, 0) is 4.79 Å². The van der Waals surface area contributed by atoms with Crippen LogP contribution >= 0.6 is 0 Å². The number of carbonyl (C=O) groups excluding carboxylic acids is 1. The third kappa shape index (κ3) is 20.9. The molecule has 1 amide bonds. The van der Waals surface area contributed by atoms with Gasteiger partial charge in [0.25, 0.3) is 0 Å². The van der Waals surface area contributed by atoms with Gasteiger partial charge in [-0.25, -0.2) is 4.59 Å². The van der Waals surface area contributed by atoms with E-state index < -0.39 is 0 Å². The summed E-state index contributed by atoms with van der Waals surface area (Å²) in [5.41, 5.74) is 0. The third-order valence-corrected chi connectivity index (χ3v) is 5.69. The molecule has 0 aliphatic rings. The summed E-state index contributed by atoms with van der Waals surface area (Å²) in [6, 6.07) is 0. The van der Waals surface area contributed by atoms with Gasteiger partial charge in [-0.15, -0.1) is 0 Å². The van der Waals surface area contributed by atoms with Gasteiger partial charge in [0.05, 0.1) is 13.2 Å². The van der Waals surface area contributed by atoms with Crippen LogP contribution in [0.5, 0.6) is 0 Å². The van der Waals surface area contributed by atoms with E-state index in [1.54, 1.807) is 0 Å². The molecule has 5 N–H and O–H groups in total. The van der Waals surface area contributed by atoms with Crippen molar-refractivity contribution in [3.63, 3.8) is 0 Å². The average Bonchev–Trinajstić information content (AvgIpc) is 2.70. The van der Waals surface area contributed by atoms with Crippen LogP contribution in [-0.4, -0.2) is 53.7 Å². The van der Waals surface area contributed by atoms with Gasteiger partial charge < -0.3 is 27.9 Å². The predicted molar refractivity (Wildman–Crippen MR) is 121 cm³/mol. The molecular formula is C23H50ClN3O3. The van der Waals surface area contributed by atoms with Crippen LogP contribution in [0.1, 0.15) is 110 Å². The number of hydrogen-bond donors (Lipinski definition) is 4. The van der Waals surface area contributed by atoms with E-state index in [0.29, 0.717) is 19.5 Å². The molecule has 0 atom stereocenters. The van der Waals surface area contributed by atoms with Crippen molar-refractivity contribution in [3.8, 4) is 0 Å². The second-order valence-electron chi connectivity index (χ2n) is 8.57. The zero-order valence-corrected chi connectivity index (χ0v) is 20.3. The van der Waals surface area contributed by atoms with E-state index in [1.807, 2.05) is 0 Å². The lowest BCUT2D eigenvalue weighted by Gasteiger charge is -2.31. The highest BCUT2D eigenvalue weighted by Gasteiger charge is 2.22. The van der Waals surface area contributed by atoms with E-state index in [0.717, 1.165) is 12.8 Å². The number of rotatable bonds is 22. The quantitative estimate of drug-likeness (QED) is 0.0649. The molecule has 0 unspecified atom stereocenters. The number of nitrogens with zero attached hydrogens (tertiary/aromatic N) is 1. The largest absolute Gasteiger partial charge is 1.00 e. The van der Waals surface area contributed by atoms with Gasteiger partial charge in [0.2, 0.25) is 5.91 Å². The summed E-state index contributed by atoms with van der Waals surface area (Å²) in [4.78, 5) is 11.9. The standard InChI is InChI=1S/C23H49N3O3.ClH/c1-2-3-4-5-6-7-8-9-10-11-12-13-14-15-16-17-23(29)25-22-26(24,18-20-27)19-21-28;/h27-28H,2-22,24H2,1H3;1H. The fourth-order valence-corrected chi connectivity index (χ4v) is 3.66. The van der Waals surface area contributed by atoms with Crippen molar-refractivity contribution in [2.24, 2.45) is 5.84 Å². The predicted octanol–water partition coefficient (Wildman–Crippen LogP) is 1.00. The Morgan fingerprint density at radius 3 is 1.47 bits per heavy atom. The molecule has 30 heavy (non-hydrogen) atoms. The molecule has 0 aliphatic heterocycles. The van der Waals surface area contributed by atoms with Gasteiger partial charge in [0, 0.05) is 6.42 Å². The molecule has 0 fully saturated rings. The van der Waals surface area contributed by atoms with Crippen LogP contribution in [0.2, 0.25) is 0 Å². The third-order valence-electron chi connectivity index (χ3n) is 5.69. The molecule has 0 saturated carbocycles. The number of nitrogens with two attached hydrogens (primary N) is 1. The van der Waals surface area contributed by atoms with Crippen LogP contribution in [0.4, 0.5) is 0 Å². The van der Waals surface area contributed by atoms with Crippen molar-refractivity contribution in [1.82, 2.24) is 5.32 Å². The van der Waals surface area contributed by atoms with Crippen LogP contribution in [0.15, 0.2) is 0 Å². The van der Waals surface area contributed by atoms with Gasteiger partial charge in [-0.05, 0) is 6.42 Å². The van der Waals surface area contributed by atoms with Crippen LogP contribution < -0.4 is 23.6 Å². The number of unbranched alkanes of at least 4 members (excludes halogenated alkanes) is 14. The monoisotopic (exact) mass is 451 g/mol. The molecule has 0 aromatic heterocycles. The first-order valence-electron chi connectivity index (χ1n) is 12.2. The maximum atomic E-state index is 11.9. The Hall–Kier alpha value is -0.400. The Bertz CT molecular complexity index is 368. The minimum absolute atomic E-state index is 0. The van der Waals surface area contributed by atoms with Gasteiger partial charge in [-0.3, -0.25) is 4.79 Å². The summed E-state index contributed by atoms with van der Waals surface area (Å²) in [6.45, 7) is 3.03. The Kier molecular flexibility index (Phi) is 24.7. The van der Waals surface area contributed by atoms with Crippen molar-refractivity contribution in [1.29, 1.82) is 0 Å². The van der Waals surface area contributed by atoms with Crippen molar-refractivity contribution in [2.75, 3.05) is 33.0 Å². The first kappa shape index (κ1) is 31.8. The van der Waals surface area contributed by atoms with E-state index in [9.17, 15) is 4.79 Å². The SMILES string of the molecule is CCCCCCCCCCCCCCCCCC(=O)NC[N+](N)(CCO)CCO.[Cl-]. The topological polar surface area (TPSA) is 95.6 Å². The van der Waals surface area contributed by atoms with E-state index in [2.05, 4.69) is 12.2 Å². The van der Waals surface area contributed by atoms with Crippen LogP contribution in [0.25, 0.3) is 0 Å².